The van der Waals surface area contributed by atoms with E-state index in [9.17, 15) is 13.6 Å². The minimum atomic E-state index is -1.10. The van der Waals surface area contributed by atoms with E-state index in [4.69, 9.17) is 0 Å². The normalized spacial score (nSPS) is 10.6. The predicted octanol–water partition coefficient (Wildman–Crippen LogP) is 2.76. The molecule has 0 atom stereocenters. The zero-order chi connectivity index (χ0) is 16.4. The number of aromatic nitrogens is 4. The molecule has 0 saturated heterocycles. The first-order valence-electron chi connectivity index (χ1n) is 6.65. The lowest BCUT2D eigenvalue weighted by Crippen LogP contribution is -2.09. The predicted molar refractivity (Wildman–Crippen MR) is 78.4 cm³/mol. The lowest BCUT2D eigenvalue weighted by molar-refractivity contribution is 0.102. The minimum Gasteiger partial charge on any atom is -0.323 e. The van der Waals surface area contributed by atoms with Crippen molar-refractivity contribution >= 4 is 17.4 Å². The third-order valence-electron chi connectivity index (χ3n) is 3.00. The quantitative estimate of drug-likeness (QED) is 0.723. The number of anilines is 2. The number of carbonyl (C=O) groups excluding carboxylic acids is 1. The second kappa shape index (κ2) is 5.91. The van der Waals surface area contributed by atoms with Gasteiger partial charge in [-0.05, 0) is 31.2 Å². The Bertz CT molecular complexity index is 878. The van der Waals surface area contributed by atoms with Crippen molar-refractivity contribution < 1.29 is 13.6 Å². The molecule has 2 heterocycles. The fourth-order valence-electron chi connectivity index (χ4n) is 1.92. The second-order valence-electron chi connectivity index (χ2n) is 4.78. The van der Waals surface area contributed by atoms with Crippen LogP contribution in [0.4, 0.5) is 20.4 Å². The molecule has 116 valence electrons. The topological polar surface area (TPSA) is 83.6 Å². The molecule has 2 aromatic heterocycles. The van der Waals surface area contributed by atoms with E-state index in [2.05, 4.69) is 25.5 Å². The maximum absolute atomic E-state index is 13.2. The summed E-state index contributed by atoms with van der Waals surface area (Å²) in [7, 11) is 0. The Morgan fingerprint density at radius 1 is 1.13 bits per heavy atom. The first-order chi connectivity index (χ1) is 11.0. The summed E-state index contributed by atoms with van der Waals surface area (Å²) in [4.78, 5) is 20.2. The number of hydrogen-bond acceptors (Lipinski definition) is 5. The van der Waals surface area contributed by atoms with Crippen LogP contribution >= 0.6 is 0 Å². The standard InChI is InChI=1S/C15H11F2N5O/c1-8-6-13(22-21-8)19-12-4-5-18-15(20-12)14(23)9-2-3-10(16)11(17)7-9/h2-7H,1H3,(H2,18,19,20,21,22). The third-order valence-corrected chi connectivity index (χ3v) is 3.00. The number of halogens is 2. The van der Waals surface area contributed by atoms with Gasteiger partial charge in [0, 0.05) is 23.5 Å². The second-order valence-corrected chi connectivity index (χ2v) is 4.78. The van der Waals surface area contributed by atoms with E-state index >= 15 is 0 Å². The van der Waals surface area contributed by atoms with Crippen LogP contribution in [0, 0.1) is 18.6 Å². The molecule has 0 aliphatic rings. The number of rotatable bonds is 4. The van der Waals surface area contributed by atoms with E-state index in [-0.39, 0.29) is 11.4 Å². The molecular formula is C15H11F2N5O. The maximum Gasteiger partial charge on any atom is 0.230 e. The third kappa shape index (κ3) is 3.20. The Kier molecular flexibility index (Phi) is 3.80. The molecule has 0 aliphatic heterocycles. The summed E-state index contributed by atoms with van der Waals surface area (Å²) in [5.41, 5.74) is 0.830. The fourth-order valence-corrected chi connectivity index (χ4v) is 1.92. The molecule has 0 saturated carbocycles. The molecule has 0 radical (unpaired) electrons. The summed E-state index contributed by atoms with van der Waals surface area (Å²) < 4.78 is 26.2. The Hall–Kier alpha value is -3.16. The Morgan fingerprint density at radius 3 is 2.65 bits per heavy atom. The smallest absolute Gasteiger partial charge is 0.230 e. The van der Waals surface area contributed by atoms with Gasteiger partial charge in [0.05, 0.1) is 0 Å². The number of nitrogens with one attached hydrogen (secondary N) is 2. The highest BCUT2D eigenvalue weighted by molar-refractivity contribution is 6.06. The first-order valence-corrected chi connectivity index (χ1v) is 6.65. The van der Waals surface area contributed by atoms with Gasteiger partial charge in [0.2, 0.25) is 11.6 Å². The van der Waals surface area contributed by atoms with Gasteiger partial charge in [0.1, 0.15) is 5.82 Å². The average molecular weight is 315 g/mol. The van der Waals surface area contributed by atoms with Crippen molar-refractivity contribution in [1.29, 1.82) is 0 Å². The molecule has 23 heavy (non-hydrogen) atoms. The van der Waals surface area contributed by atoms with Gasteiger partial charge < -0.3 is 5.32 Å². The SMILES string of the molecule is Cc1cc(Nc2ccnc(C(=O)c3ccc(F)c(F)c3)n2)n[nH]1. The van der Waals surface area contributed by atoms with Crippen molar-refractivity contribution in [1.82, 2.24) is 20.2 Å². The van der Waals surface area contributed by atoms with Crippen LogP contribution in [0.1, 0.15) is 21.9 Å². The van der Waals surface area contributed by atoms with Crippen molar-refractivity contribution in [3.05, 3.63) is 65.2 Å². The monoisotopic (exact) mass is 315 g/mol. The van der Waals surface area contributed by atoms with Gasteiger partial charge in [-0.1, -0.05) is 0 Å². The molecule has 8 heteroatoms. The molecule has 0 amide bonds. The largest absolute Gasteiger partial charge is 0.323 e. The lowest BCUT2D eigenvalue weighted by atomic mass is 10.1. The number of hydrogen-bond donors (Lipinski definition) is 2. The molecule has 2 N–H and O–H groups in total. The van der Waals surface area contributed by atoms with E-state index in [0.29, 0.717) is 11.6 Å². The van der Waals surface area contributed by atoms with Crippen LogP contribution in [0.2, 0.25) is 0 Å². The molecule has 0 spiro atoms. The van der Waals surface area contributed by atoms with Crippen LogP contribution in [0.5, 0.6) is 0 Å². The molecule has 1 aromatic carbocycles. The van der Waals surface area contributed by atoms with Gasteiger partial charge in [0.25, 0.3) is 0 Å². The number of ketones is 1. The van der Waals surface area contributed by atoms with Crippen molar-refractivity contribution in [3.63, 3.8) is 0 Å². The van der Waals surface area contributed by atoms with Crippen LogP contribution in [0.15, 0.2) is 36.5 Å². The van der Waals surface area contributed by atoms with Crippen molar-refractivity contribution in [2.45, 2.75) is 6.92 Å². The first kappa shape index (κ1) is 14.8. The molecule has 0 aliphatic carbocycles. The average Bonchev–Trinajstić information content (AvgIpc) is 2.94. The highest BCUT2D eigenvalue weighted by Gasteiger charge is 2.15. The summed E-state index contributed by atoms with van der Waals surface area (Å²) in [6.45, 7) is 1.84. The van der Waals surface area contributed by atoms with Gasteiger partial charge in [-0.2, -0.15) is 5.10 Å². The lowest BCUT2D eigenvalue weighted by Gasteiger charge is -2.04. The molecule has 6 nitrogen and oxygen atoms in total. The van der Waals surface area contributed by atoms with Crippen molar-refractivity contribution in [2.75, 3.05) is 5.32 Å². The molecule has 0 unspecified atom stereocenters. The molecule has 3 rings (SSSR count). The fraction of sp³-hybridized carbons (Fsp3) is 0.0667. The Labute approximate surface area is 129 Å². The molecule has 0 fully saturated rings. The number of aryl methyl sites for hydroxylation is 1. The molecular weight excluding hydrogens is 304 g/mol. The summed E-state index contributed by atoms with van der Waals surface area (Å²) in [6, 6.07) is 6.21. The summed E-state index contributed by atoms with van der Waals surface area (Å²) >= 11 is 0. The number of H-pyrrole nitrogens is 1. The summed E-state index contributed by atoms with van der Waals surface area (Å²) in [5, 5.41) is 9.67. The van der Waals surface area contributed by atoms with Gasteiger partial charge >= 0.3 is 0 Å². The van der Waals surface area contributed by atoms with Crippen molar-refractivity contribution in [2.24, 2.45) is 0 Å². The van der Waals surface area contributed by atoms with E-state index in [0.717, 1.165) is 17.8 Å². The Balaban J connectivity index is 1.86. The number of nitrogens with zero attached hydrogens (tertiary/aromatic N) is 3. The highest BCUT2D eigenvalue weighted by atomic mass is 19.2. The summed E-state index contributed by atoms with van der Waals surface area (Å²) in [5.74, 6) is -1.97. The highest BCUT2D eigenvalue weighted by Crippen LogP contribution is 2.15. The molecule has 0 bridgehead atoms. The van der Waals surface area contributed by atoms with Gasteiger partial charge in [-0.3, -0.25) is 9.89 Å². The summed E-state index contributed by atoms with van der Waals surface area (Å²) in [6.07, 6.45) is 1.39. The van der Waals surface area contributed by atoms with Gasteiger partial charge in [-0.25, -0.2) is 18.7 Å². The number of benzene rings is 1. The molecule has 3 aromatic rings. The Morgan fingerprint density at radius 2 is 1.96 bits per heavy atom. The van der Waals surface area contributed by atoms with Crippen LogP contribution in [0.25, 0.3) is 0 Å². The van der Waals surface area contributed by atoms with Gasteiger partial charge in [-0.15, -0.1) is 0 Å². The van der Waals surface area contributed by atoms with Gasteiger partial charge in [0.15, 0.2) is 17.5 Å². The maximum atomic E-state index is 13.2. The van der Waals surface area contributed by atoms with E-state index in [1.54, 1.807) is 12.1 Å². The van der Waals surface area contributed by atoms with Crippen LogP contribution in [-0.4, -0.2) is 25.9 Å². The van der Waals surface area contributed by atoms with Crippen LogP contribution in [0.3, 0.4) is 0 Å². The number of aromatic amines is 1. The van der Waals surface area contributed by atoms with E-state index in [1.807, 2.05) is 6.92 Å². The minimum absolute atomic E-state index is 0.0309. The zero-order valence-electron chi connectivity index (χ0n) is 12.0. The van der Waals surface area contributed by atoms with Crippen LogP contribution < -0.4 is 5.32 Å². The van der Waals surface area contributed by atoms with Crippen LogP contribution in [-0.2, 0) is 0 Å². The van der Waals surface area contributed by atoms with E-state index in [1.165, 1.54) is 12.3 Å². The number of carbonyl (C=O) groups is 1. The zero-order valence-corrected chi connectivity index (χ0v) is 12.0. The van der Waals surface area contributed by atoms with Crippen molar-refractivity contribution in [3.8, 4) is 0 Å². The van der Waals surface area contributed by atoms with E-state index < -0.39 is 17.4 Å².